The summed E-state index contributed by atoms with van der Waals surface area (Å²) in [6, 6.07) is 21.3. The summed E-state index contributed by atoms with van der Waals surface area (Å²) in [5.74, 6) is 0.346. The molecule has 2 rings (SSSR count). The van der Waals surface area contributed by atoms with Crippen LogP contribution in [0.4, 0.5) is 0 Å². The fraction of sp³-hybridized carbons (Fsp3) is 0.435. The number of rotatable bonds is 9. The van der Waals surface area contributed by atoms with Gasteiger partial charge >= 0.3 is 0 Å². The van der Waals surface area contributed by atoms with E-state index in [9.17, 15) is 4.79 Å². The van der Waals surface area contributed by atoms with Crippen LogP contribution in [-0.2, 0) is 9.22 Å². The van der Waals surface area contributed by atoms with Crippen LogP contribution in [0, 0.1) is 0 Å². The quantitative estimate of drug-likeness (QED) is 0.473. The van der Waals surface area contributed by atoms with Gasteiger partial charge in [-0.1, -0.05) is 88.4 Å². The van der Waals surface area contributed by atoms with E-state index in [2.05, 4.69) is 88.4 Å². The molecule has 0 bridgehead atoms. The molecule has 0 heterocycles. The number of Topliss-reactive ketones (excluding diaryl/α,β-unsaturated/α-hetero) is 1. The average molecular weight is 369 g/mol. The molecule has 0 atom stereocenters. The zero-order chi connectivity index (χ0) is 19.0. The summed E-state index contributed by atoms with van der Waals surface area (Å²) < 4.78 is 6.78. The normalized spacial score (nSPS) is 12.2. The Morgan fingerprint density at radius 2 is 1.38 bits per heavy atom. The number of hydrogen-bond donors (Lipinski definition) is 0. The maximum atomic E-state index is 11.9. The van der Waals surface area contributed by atoms with Gasteiger partial charge in [-0.15, -0.1) is 0 Å². The van der Waals surface area contributed by atoms with Gasteiger partial charge in [-0.2, -0.15) is 0 Å². The number of ketones is 1. The molecule has 0 aliphatic heterocycles. The molecule has 0 unspecified atom stereocenters. The molecule has 140 valence electrons. The van der Waals surface area contributed by atoms with Gasteiger partial charge in [0.15, 0.2) is 0 Å². The monoisotopic (exact) mass is 368 g/mol. The van der Waals surface area contributed by atoms with Crippen molar-refractivity contribution in [3.05, 3.63) is 60.7 Å². The summed E-state index contributed by atoms with van der Waals surface area (Å²) in [7, 11) is -2.45. The second kappa shape index (κ2) is 9.29. The minimum Gasteiger partial charge on any atom is -0.407 e. The summed E-state index contributed by atoms with van der Waals surface area (Å²) >= 11 is 0. The molecule has 2 aromatic carbocycles. The highest BCUT2D eigenvalue weighted by molar-refractivity contribution is 6.99. The lowest BCUT2D eigenvalue weighted by Gasteiger charge is -2.43. The maximum Gasteiger partial charge on any atom is 0.261 e. The summed E-state index contributed by atoms with van der Waals surface area (Å²) in [6.45, 7) is 9.52. The van der Waals surface area contributed by atoms with Crippen molar-refractivity contribution in [2.75, 3.05) is 6.61 Å². The molecule has 0 spiro atoms. The van der Waals surface area contributed by atoms with Crippen molar-refractivity contribution >= 4 is 24.5 Å². The molecule has 0 radical (unpaired) electrons. The first-order valence-corrected chi connectivity index (χ1v) is 11.6. The first kappa shape index (κ1) is 20.6. The Hall–Kier alpha value is -1.71. The van der Waals surface area contributed by atoms with Gasteiger partial charge in [0.1, 0.15) is 5.78 Å². The van der Waals surface area contributed by atoms with Gasteiger partial charge in [0.2, 0.25) is 0 Å². The van der Waals surface area contributed by atoms with E-state index in [4.69, 9.17) is 4.43 Å². The molecule has 0 N–H and O–H groups in total. The second-order valence-electron chi connectivity index (χ2n) is 7.90. The van der Waals surface area contributed by atoms with E-state index in [-0.39, 0.29) is 5.04 Å². The third-order valence-corrected chi connectivity index (χ3v) is 9.91. The van der Waals surface area contributed by atoms with Crippen LogP contribution in [0.1, 0.15) is 53.4 Å². The van der Waals surface area contributed by atoms with Crippen molar-refractivity contribution in [3.8, 4) is 0 Å². The van der Waals surface area contributed by atoms with Gasteiger partial charge < -0.3 is 4.43 Å². The zero-order valence-corrected chi connectivity index (χ0v) is 17.6. The topological polar surface area (TPSA) is 26.3 Å². The van der Waals surface area contributed by atoms with Crippen LogP contribution in [0.25, 0.3) is 0 Å². The van der Waals surface area contributed by atoms with Crippen LogP contribution < -0.4 is 10.4 Å². The van der Waals surface area contributed by atoms with Gasteiger partial charge in [-0.25, -0.2) is 0 Å². The molecule has 0 saturated carbocycles. The molecule has 0 saturated heterocycles. The van der Waals surface area contributed by atoms with E-state index in [0.717, 1.165) is 12.8 Å². The van der Waals surface area contributed by atoms with E-state index in [0.29, 0.717) is 25.2 Å². The Morgan fingerprint density at radius 3 is 1.81 bits per heavy atom. The predicted octanol–water partition coefficient (Wildman–Crippen LogP) is 4.71. The summed E-state index contributed by atoms with van der Waals surface area (Å²) in [5, 5.41) is 2.57. The molecule has 0 aliphatic carbocycles. The Labute approximate surface area is 159 Å². The van der Waals surface area contributed by atoms with Crippen molar-refractivity contribution in [2.45, 2.75) is 58.4 Å². The first-order chi connectivity index (χ1) is 12.4. The molecule has 0 amide bonds. The zero-order valence-electron chi connectivity index (χ0n) is 16.6. The predicted molar refractivity (Wildman–Crippen MR) is 113 cm³/mol. The van der Waals surface area contributed by atoms with E-state index in [1.807, 2.05) is 0 Å². The molecular weight excluding hydrogens is 336 g/mol. The Morgan fingerprint density at radius 1 is 0.885 bits per heavy atom. The first-order valence-electron chi connectivity index (χ1n) is 9.68. The van der Waals surface area contributed by atoms with E-state index >= 15 is 0 Å². The Bertz CT molecular complexity index is 635. The second-order valence-corrected chi connectivity index (χ2v) is 12.2. The largest absolute Gasteiger partial charge is 0.407 e. The van der Waals surface area contributed by atoms with Crippen LogP contribution in [-0.4, -0.2) is 20.7 Å². The highest BCUT2D eigenvalue weighted by atomic mass is 28.4. The Balaban J connectivity index is 2.33. The average Bonchev–Trinajstić information content (AvgIpc) is 2.62. The van der Waals surface area contributed by atoms with Crippen molar-refractivity contribution in [1.29, 1.82) is 0 Å². The van der Waals surface area contributed by atoms with Gasteiger partial charge in [0, 0.05) is 19.4 Å². The summed E-state index contributed by atoms with van der Waals surface area (Å²) in [6.07, 6.45) is 3.02. The van der Waals surface area contributed by atoms with Crippen molar-refractivity contribution < 1.29 is 9.22 Å². The highest BCUT2D eigenvalue weighted by Gasteiger charge is 2.49. The van der Waals surface area contributed by atoms with E-state index < -0.39 is 8.32 Å². The number of carbonyl (C=O) groups excluding carboxylic acids is 1. The third-order valence-electron chi connectivity index (χ3n) is 4.86. The van der Waals surface area contributed by atoms with Gasteiger partial charge in [0.05, 0.1) is 0 Å². The molecule has 2 aromatic rings. The summed E-state index contributed by atoms with van der Waals surface area (Å²) in [5.41, 5.74) is 0. The number of carbonyl (C=O) groups is 1. The van der Waals surface area contributed by atoms with Gasteiger partial charge in [-0.05, 0) is 28.3 Å². The van der Waals surface area contributed by atoms with Gasteiger partial charge in [0.25, 0.3) is 8.32 Å². The lowest BCUT2D eigenvalue weighted by atomic mass is 10.1. The van der Waals surface area contributed by atoms with Crippen LogP contribution in [0.15, 0.2) is 60.7 Å². The smallest absolute Gasteiger partial charge is 0.261 e. The minimum absolute atomic E-state index is 0.0108. The third kappa shape index (κ3) is 4.71. The maximum absolute atomic E-state index is 11.9. The molecular formula is C23H32O2Si. The molecule has 0 aromatic heterocycles. The lowest BCUT2D eigenvalue weighted by molar-refractivity contribution is -0.119. The lowest BCUT2D eigenvalue weighted by Crippen LogP contribution is -2.66. The van der Waals surface area contributed by atoms with Crippen molar-refractivity contribution in [1.82, 2.24) is 0 Å². The number of benzene rings is 2. The van der Waals surface area contributed by atoms with Crippen LogP contribution in [0.5, 0.6) is 0 Å². The van der Waals surface area contributed by atoms with E-state index in [1.165, 1.54) is 10.4 Å². The van der Waals surface area contributed by atoms with Crippen molar-refractivity contribution in [2.24, 2.45) is 0 Å². The molecule has 2 nitrogen and oxygen atoms in total. The molecule has 3 heteroatoms. The highest BCUT2D eigenvalue weighted by Crippen LogP contribution is 2.36. The minimum atomic E-state index is -2.45. The van der Waals surface area contributed by atoms with Crippen LogP contribution in [0.3, 0.4) is 0 Å². The standard InChI is InChI=1S/C23H32O2Si/c1-5-13-20(24)14-12-19-25-26(23(2,3)4,21-15-8-6-9-16-21)22-17-10-7-11-18-22/h6-11,15-18H,5,12-14,19H2,1-4H3. The number of hydrogen-bond acceptors (Lipinski definition) is 2. The van der Waals surface area contributed by atoms with Crippen LogP contribution >= 0.6 is 0 Å². The van der Waals surface area contributed by atoms with Crippen molar-refractivity contribution in [3.63, 3.8) is 0 Å². The fourth-order valence-electron chi connectivity index (χ4n) is 3.66. The van der Waals surface area contributed by atoms with Gasteiger partial charge in [-0.3, -0.25) is 4.79 Å². The molecule has 0 aliphatic rings. The fourth-order valence-corrected chi connectivity index (χ4v) is 8.27. The SMILES string of the molecule is CCCC(=O)CCCO[Si](c1ccccc1)(c1ccccc1)C(C)(C)C. The van der Waals surface area contributed by atoms with Crippen LogP contribution in [0.2, 0.25) is 5.04 Å². The summed E-state index contributed by atoms with van der Waals surface area (Å²) in [4.78, 5) is 11.9. The molecule has 0 fully saturated rings. The van der Waals surface area contributed by atoms with E-state index in [1.54, 1.807) is 0 Å². The Kier molecular flexibility index (Phi) is 7.36. The molecule has 26 heavy (non-hydrogen) atoms.